The van der Waals surface area contributed by atoms with Crippen molar-refractivity contribution in [2.45, 2.75) is 0 Å². The second kappa shape index (κ2) is 6.30. The SMILES string of the molecule is [C-]#CCOC(=O)c1ccccc1.[Cu+]. The van der Waals surface area contributed by atoms with Crippen molar-refractivity contribution in [3.05, 3.63) is 42.3 Å². The molecule has 0 atom stereocenters. The first-order chi connectivity index (χ1) is 5.84. The molecule has 1 aromatic carbocycles. The van der Waals surface area contributed by atoms with Gasteiger partial charge in [-0.3, -0.25) is 0 Å². The van der Waals surface area contributed by atoms with Gasteiger partial charge in [0, 0.05) is 0 Å². The second-order valence-electron chi connectivity index (χ2n) is 2.12. The number of hydrogen-bond donors (Lipinski definition) is 0. The largest absolute Gasteiger partial charge is 1.00 e. The van der Waals surface area contributed by atoms with Crippen LogP contribution in [0.1, 0.15) is 10.4 Å². The summed E-state index contributed by atoms with van der Waals surface area (Å²) in [6.07, 6.45) is 6.53. The molecule has 0 amide bonds. The fraction of sp³-hybridized carbons (Fsp3) is 0.100. The Kier molecular flexibility index (Phi) is 5.71. The molecule has 0 aromatic heterocycles. The van der Waals surface area contributed by atoms with E-state index in [4.69, 9.17) is 6.42 Å². The Balaban J connectivity index is 0.00000144. The average Bonchev–Trinajstić information content (AvgIpc) is 2.15. The van der Waals surface area contributed by atoms with E-state index in [0.29, 0.717) is 5.56 Å². The van der Waals surface area contributed by atoms with Gasteiger partial charge in [0.1, 0.15) is 6.61 Å². The van der Waals surface area contributed by atoms with Crippen molar-refractivity contribution in [1.82, 2.24) is 0 Å². The van der Waals surface area contributed by atoms with Gasteiger partial charge in [0.2, 0.25) is 0 Å². The summed E-state index contributed by atoms with van der Waals surface area (Å²) in [5, 5.41) is 0. The minimum atomic E-state index is -0.421. The second-order valence-corrected chi connectivity index (χ2v) is 2.12. The Morgan fingerprint density at radius 2 is 2.00 bits per heavy atom. The third-order valence-corrected chi connectivity index (χ3v) is 1.28. The maximum atomic E-state index is 11.1. The van der Waals surface area contributed by atoms with Gasteiger partial charge < -0.3 is 17.1 Å². The molecular weight excluding hydrogens is 216 g/mol. The van der Waals surface area contributed by atoms with Crippen molar-refractivity contribution in [2.75, 3.05) is 6.61 Å². The van der Waals surface area contributed by atoms with E-state index in [1.165, 1.54) is 0 Å². The van der Waals surface area contributed by atoms with Gasteiger partial charge in [0.25, 0.3) is 0 Å². The van der Waals surface area contributed by atoms with Crippen LogP contribution in [0.2, 0.25) is 0 Å². The molecule has 0 radical (unpaired) electrons. The molecule has 2 nitrogen and oxygen atoms in total. The number of ether oxygens (including phenoxy) is 1. The Bertz CT molecular complexity index is 300. The summed E-state index contributed by atoms with van der Waals surface area (Å²) < 4.78 is 4.64. The topological polar surface area (TPSA) is 26.3 Å². The smallest absolute Gasteiger partial charge is 0.690 e. The molecule has 70 valence electrons. The van der Waals surface area contributed by atoms with Gasteiger partial charge in [0.15, 0.2) is 0 Å². The normalized spacial score (nSPS) is 7.92. The molecule has 0 aliphatic rings. The minimum absolute atomic E-state index is 0. The van der Waals surface area contributed by atoms with E-state index >= 15 is 0 Å². The van der Waals surface area contributed by atoms with Crippen molar-refractivity contribution >= 4 is 5.97 Å². The van der Waals surface area contributed by atoms with E-state index in [9.17, 15) is 4.79 Å². The van der Waals surface area contributed by atoms with Crippen LogP contribution in [0.3, 0.4) is 0 Å². The quantitative estimate of drug-likeness (QED) is 0.328. The summed E-state index contributed by atoms with van der Waals surface area (Å²) in [6, 6.07) is 8.65. The summed E-state index contributed by atoms with van der Waals surface area (Å²) in [5.41, 5.74) is 0.493. The molecule has 1 rings (SSSR count). The first-order valence-electron chi connectivity index (χ1n) is 3.46. The van der Waals surface area contributed by atoms with E-state index in [-0.39, 0.29) is 23.7 Å². The number of carbonyl (C=O) groups excluding carboxylic acids is 1. The molecule has 0 bridgehead atoms. The number of rotatable bonds is 2. The zero-order valence-electron chi connectivity index (χ0n) is 6.71. The number of benzene rings is 1. The average molecular weight is 223 g/mol. The molecule has 0 fully saturated rings. The maximum absolute atomic E-state index is 11.1. The molecule has 0 spiro atoms. The van der Waals surface area contributed by atoms with Crippen LogP contribution >= 0.6 is 0 Å². The molecule has 0 saturated carbocycles. The number of esters is 1. The van der Waals surface area contributed by atoms with Gasteiger partial charge >= 0.3 is 23.0 Å². The molecule has 0 heterocycles. The Morgan fingerprint density at radius 3 is 2.54 bits per heavy atom. The standard InChI is InChI=1S/C10H7O2.Cu/c1-2-8-12-10(11)9-6-4-3-5-7-9;/h3-7H,8H2;/q-1;+1. The molecule has 13 heavy (non-hydrogen) atoms. The molecule has 0 aliphatic heterocycles. The fourth-order valence-corrected chi connectivity index (χ4v) is 0.759. The van der Waals surface area contributed by atoms with Gasteiger partial charge in [-0.15, -0.1) is 0 Å². The zero-order valence-corrected chi connectivity index (χ0v) is 7.65. The van der Waals surface area contributed by atoms with Crippen LogP contribution in [0.4, 0.5) is 0 Å². The summed E-state index contributed by atoms with van der Waals surface area (Å²) in [5.74, 6) is 1.55. The van der Waals surface area contributed by atoms with Crippen molar-refractivity contribution in [1.29, 1.82) is 0 Å². The van der Waals surface area contributed by atoms with E-state index in [0.717, 1.165) is 0 Å². The summed E-state index contributed by atoms with van der Waals surface area (Å²) in [6.45, 7) is -0.0896. The molecular formula is C10H7CuO2. The predicted molar refractivity (Wildman–Crippen MR) is 43.9 cm³/mol. The van der Waals surface area contributed by atoms with Gasteiger partial charge in [0.05, 0.1) is 5.56 Å². The van der Waals surface area contributed by atoms with Crippen LogP contribution < -0.4 is 0 Å². The maximum Gasteiger partial charge on any atom is 1.00 e. The van der Waals surface area contributed by atoms with Crippen molar-refractivity contribution in [2.24, 2.45) is 0 Å². The van der Waals surface area contributed by atoms with Gasteiger partial charge in [-0.05, 0) is 12.1 Å². The molecule has 0 saturated heterocycles. The fourth-order valence-electron chi connectivity index (χ4n) is 0.759. The molecule has 0 unspecified atom stereocenters. The van der Waals surface area contributed by atoms with E-state index in [1.807, 2.05) is 12.0 Å². The molecule has 1 aromatic rings. The van der Waals surface area contributed by atoms with Crippen LogP contribution in [0, 0.1) is 12.3 Å². The van der Waals surface area contributed by atoms with Gasteiger partial charge in [-0.25, -0.2) is 4.79 Å². The van der Waals surface area contributed by atoms with Gasteiger partial charge in [-0.1, -0.05) is 18.2 Å². The van der Waals surface area contributed by atoms with Crippen molar-refractivity contribution < 1.29 is 26.6 Å². The predicted octanol–water partition coefficient (Wildman–Crippen LogP) is 1.43. The monoisotopic (exact) mass is 222 g/mol. The Morgan fingerprint density at radius 1 is 1.38 bits per heavy atom. The Labute approximate surface area is 87.8 Å². The van der Waals surface area contributed by atoms with E-state index in [2.05, 4.69) is 4.74 Å². The van der Waals surface area contributed by atoms with Gasteiger partial charge in [-0.2, -0.15) is 0 Å². The first kappa shape index (κ1) is 11.8. The molecule has 3 heteroatoms. The summed E-state index contributed by atoms with van der Waals surface area (Å²) in [4.78, 5) is 11.1. The van der Waals surface area contributed by atoms with Crippen LogP contribution in [-0.2, 0) is 21.8 Å². The number of carbonyl (C=O) groups is 1. The Hall–Kier alpha value is -1.23. The van der Waals surface area contributed by atoms with Crippen molar-refractivity contribution in [3.63, 3.8) is 0 Å². The van der Waals surface area contributed by atoms with Crippen LogP contribution in [0.25, 0.3) is 0 Å². The molecule has 0 aliphatic carbocycles. The van der Waals surface area contributed by atoms with E-state index in [1.54, 1.807) is 24.3 Å². The van der Waals surface area contributed by atoms with Crippen LogP contribution in [0.15, 0.2) is 30.3 Å². The first-order valence-corrected chi connectivity index (χ1v) is 3.46. The molecule has 0 N–H and O–H groups in total. The van der Waals surface area contributed by atoms with E-state index < -0.39 is 5.97 Å². The summed E-state index contributed by atoms with van der Waals surface area (Å²) in [7, 11) is 0. The third-order valence-electron chi connectivity index (χ3n) is 1.28. The van der Waals surface area contributed by atoms with Crippen LogP contribution in [0.5, 0.6) is 0 Å². The third kappa shape index (κ3) is 3.80. The zero-order chi connectivity index (χ0) is 8.81. The minimum Gasteiger partial charge on any atom is -0.690 e. The number of hydrogen-bond acceptors (Lipinski definition) is 2. The van der Waals surface area contributed by atoms with Crippen LogP contribution in [-0.4, -0.2) is 12.6 Å². The summed E-state index contributed by atoms with van der Waals surface area (Å²) >= 11 is 0. The van der Waals surface area contributed by atoms with Crippen molar-refractivity contribution in [3.8, 4) is 5.92 Å².